The van der Waals surface area contributed by atoms with Crippen molar-refractivity contribution in [1.29, 1.82) is 0 Å². The lowest BCUT2D eigenvalue weighted by atomic mass is 9.80. The van der Waals surface area contributed by atoms with E-state index in [1.165, 1.54) is 11.8 Å². The predicted octanol–water partition coefficient (Wildman–Crippen LogP) is 4.22. The molecule has 2 N–H and O–H groups in total. The second-order valence-electron chi connectivity index (χ2n) is 10.7. The lowest BCUT2D eigenvalue weighted by Gasteiger charge is -2.40. The number of amides is 1. The van der Waals surface area contributed by atoms with E-state index in [2.05, 4.69) is 42.3 Å². The molecule has 1 amide bonds. The van der Waals surface area contributed by atoms with Gasteiger partial charge in [0.2, 0.25) is 0 Å². The largest absolute Gasteiger partial charge is 0.444 e. The van der Waals surface area contributed by atoms with Crippen LogP contribution in [0.25, 0.3) is 0 Å². The van der Waals surface area contributed by atoms with Gasteiger partial charge in [0, 0.05) is 56.9 Å². The number of piperidine rings is 1. The smallest absolute Gasteiger partial charge is 0.407 e. The van der Waals surface area contributed by atoms with Crippen LogP contribution >= 0.6 is 23.4 Å². The van der Waals surface area contributed by atoms with E-state index in [0.29, 0.717) is 11.6 Å². The van der Waals surface area contributed by atoms with E-state index in [4.69, 9.17) is 16.3 Å². The van der Waals surface area contributed by atoms with E-state index in [1.807, 2.05) is 33.0 Å². The van der Waals surface area contributed by atoms with Crippen LogP contribution in [-0.4, -0.2) is 72.5 Å². The van der Waals surface area contributed by atoms with E-state index in [1.54, 1.807) is 12.4 Å². The molecule has 0 unspecified atom stereocenters. The van der Waals surface area contributed by atoms with Gasteiger partial charge in [0.1, 0.15) is 22.3 Å². The average Bonchev–Trinajstić information content (AvgIpc) is 2.85. The highest BCUT2D eigenvalue weighted by atomic mass is 35.5. The van der Waals surface area contributed by atoms with Crippen LogP contribution in [0.15, 0.2) is 34.6 Å². The molecule has 0 saturated carbocycles. The number of rotatable bonds is 6. The van der Waals surface area contributed by atoms with Gasteiger partial charge in [0.05, 0.1) is 17.4 Å². The van der Waals surface area contributed by atoms with Crippen LogP contribution in [0.3, 0.4) is 0 Å². The third-order valence-corrected chi connectivity index (χ3v) is 7.90. The van der Waals surface area contributed by atoms with Crippen LogP contribution in [0.2, 0.25) is 5.02 Å². The number of anilines is 2. The average molecular weight is 534 g/mol. The first-order chi connectivity index (χ1) is 17.1. The first kappa shape index (κ1) is 26.8. The van der Waals surface area contributed by atoms with Crippen LogP contribution in [0.5, 0.6) is 0 Å². The second-order valence-corrected chi connectivity index (χ2v) is 12.1. The molecule has 2 aromatic heterocycles. The highest BCUT2D eigenvalue weighted by Crippen LogP contribution is 2.37. The Kier molecular flexibility index (Phi) is 8.47. The summed E-state index contributed by atoms with van der Waals surface area (Å²) in [5, 5.41) is 7.73. The number of nitrogens with zero attached hydrogens (tertiary/aromatic N) is 5. The monoisotopic (exact) mass is 533 g/mol. The first-order valence-electron chi connectivity index (χ1n) is 12.4. The van der Waals surface area contributed by atoms with Gasteiger partial charge < -0.3 is 25.2 Å². The third-order valence-electron chi connectivity index (χ3n) is 6.43. The summed E-state index contributed by atoms with van der Waals surface area (Å²) >= 11 is 8.21. The molecule has 9 nitrogen and oxygen atoms in total. The minimum Gasteiger partial charge on any atom is -0.444 e. The summed E-state index contributed by atoms with van der Waals surface area (Å²) in [5.74, 6) is 1.69. The van der Waals surface area contributed by atoms with Gasteiger partial charge in [-0.3, -0.25) is 0 Å². The Balaban J connectivity index is 1.31. The Morgan fingerprint density at radius 1 is 1.14 bits per heavy atom. The molecular weight excluding hydrogens is 498 g/mol. The Labute approximate surface area is 222 Å². The number of piperazine rings is 1. The number of carbonyl (C=O) groups excluding carboxylic acids is 1. The van der Waals surface area contributed by atoms with Crippen LogP contribution in [0.1, 0.15) is 40.5 Å². The van der Waals surface area contributed by atoms with Crippen molar-refractivity contribution < 1.29 is 9.53 Å². The molecule has 0 atom stereocenters. The molecule has 2 saturated heterocycles. The van der Waals surface area contributed by atoms with Crippen molar-refractivity contribution in [2.75, 3.05) is 55.6 Å². The van der Waals surface area contributed by atoms with Crippen molar-refractivity contribution in [3.63, 3.8) is 0 Å². The number of nitrogens with one attached hydrogen (secondary N) is 2. The van der Waals surface area contributed by atoms with Gasteiger partial charge in [0.25, 0.3) is 0 Å². The maximum Gasteiger partial charge on any atom is 0.407 e. The van der Waals surface area contributed by atoms with Gasteiger partial charge in [-0.05, 0) is 45.1 Å². The molecule has 2 aliphatic rings. The maximum atomic E-state index is 12.0. The Bertz CT molecular complexity index is 1030. The molecule has 4 rings (SSSR count). The van der Waals surface area contributed by atoms with Crippen molar-refractivity contribution in [1.82, 2.24) is 25.6 Å². The number of hydrogen-bond donors (Lipinski definition) is 2. The van der Waals surface area contributed by atoms with Crippen LogP contribution in [0, 0.1) is 5.41 Å². The summed E-state index contributed by atoms with van der Waals surface area (Å²) in [6.45, 7) is 13.8. The van der Waals surface area contributed by atoms with E-state index in [0.717, 1.165) is 73.7 Å². The maximum absolute atomic E-state index is 12.0. The molecule has 2 aliphatic heterocycles. The molecule has 2 aromatic rings. The summed E-state index contributed by atoms with van der Waals surface area (Å²) in [6, 6.07) is 1.92. The molecule has 0 radical (unpaired) electrons. The fraction of sp³-hybridized carbons (Fsp3) is 0.600. The molecular formula is C25H36ClN7O2S. The molecule has 4 heterocycles. The first-order valence-corrected chi connectivity index (χ1v) is 13.6. The third kappa shape index (κ3) is 7.14. The van der Waals surface area contributed by atoms with E-state index < -0.39 is 5.60 Å². The molecule has 0 aromatic carbocycles. The molecule has 0 bridgehead atoms. The molecule has 0 spiro atoms. The molecule has 2 fully saturated rings. The lowest BCUT2D eigenvalue weighted by Crippen LogP contribution is -2.45. The summed E-state index contributed by atoms with van der Waals surface area (Å²) < 4.78 is 5.37. The van der Waals surface area contributed by atoms with Gasteiger partial charge >= 0.3 is 6.09 Å². The highest BCUT2D eigenvalue weighted by Gasteiger charge is 2.31. The fourth-order valence-electron chi connectivity index (χ4n) is 4.28. The SMILES string of the molecule is CC1(CNC(=O)OC(C)(C)C)CCN(c2cnc(Sc3ccnc(N4CCNCC4)c3Cl)cn2)CC1. The fourth-order valence-corrected chi connectivity index (χ4v) is 5.37. The number of ether oxygens (including phenoxy) is 1. The van der Waals surface area contributed by atoms with Gasteiger partial charge in [-0.1, -0.05) is 30.3 Å². The molecule has 196 valence electrons. The predicted molar refractivity (Wildman–Crippen MR) is 144 cm³/mol. The number of aromatic nitrogens is 3. The van der Waals surface area contributed by atoms with E-state index in [9.17, 15) is 4.79 Å². The van der Waals surface area contributed by atoms with Gasteiger partial charge in [0.15, 0.2) is 0 Å². The molecule has 11 heteroatoms. The Morgan fingerprint density at radius 2 is 1.86 bits per heavy atom. The number of alkyl carbamates (subject to hydrolysis) is 1. The van der Waals surface area contributed by atoms with Crippen molar-refractivity contribution in [2.45, 2.75) is 56.1 Å². The Hall–Kier alpha value is -2.30. The molecule has 36 heavy (non-hydrogen) atoms. The van der Waals surface area contributed by atoms with E-state index >= 15 is 0 Å². The summed E-state index contributed by atoms with van der Waals surface area (Å²) in [5.41, 5.74) is -0.468. The number of hydrogen-bond acceptors (Lipinski definition) is 9. The standard InChI is InChI=1S/C25H36ClN7O2S/c1-24(2,3)35-23(34)31-17-25(4)6-11-32(12-7-25)19-15-30-20(16-29-19)36-18-5-8-28-22(21(18)26)33-13-9-27-10-14-33/h5,8,15-16,27H,6-7,9-14,17H2,1-4H3,(H,31,34). The van der Waals surface area contributed by atoms with Crippen LogP contribution < -0.4 is 20.4 Å². The molecule has 0 aliphatic carbocycles. The topological polar surface area (TPSA) is 95.5 Å². The minimum atomic E-state index is -0.493. The highest BCUT2D eigenvalue weighted by molar-refractivity contribution is 7.99. The van der Waals surface area contributed by atoms with Crippen molar-refractivity contribution in [3.05, 3.63) is 29.7 Å². The lowest BCUT2D eigenvalue weighted by molar-refractivity contribution is 0.0495. The van der Waals surface area contributed by atoms with Gasteiger partial charge in [-0.25, -0.2) is 19.7 Å². The van der Waals surface area contributed by atoms with Gasteiger partial charge in [-0.2, -0.15) is 0 Å². The van der Waals surface area contributed by atoms with E-state index in [-0.39, 0.29) is 11.5 Å². The van der Waals surface area contributed by atoms with Crippen molar-refractivity contribution in [3.8, 4) is 0 Å². The number of carbonyl (C=O) groups is 1. The van der Waals surface area contributed by atoms with Gasteiger partial charge in [-0.15, -0.1) is 0 Å². The second kappa shape index (κ2) is 11.4. The normalized spacial score (nSPS) is 18.1. The quantitative estimate of drug-likeness (QED) is 0.565. The summed E-state index contributed by atoms with van der Waals surface area (Å²) in [4.78, 5) is 31.3. The zero-order valence-electron chi connectivity index (χ0n) is 21.5. The number of pyridine rings is 1. The van der Waals surface area contributed by atoms with Crippen LogP contribution in [-0.2, 0) is 4.74 Å². The summed E-state index contributed by atoms with van der Waals surface area (Å²) in [6.07, 6.45) is 6.97. The van der Waals surface area contributed by atoms with Crippen LogP contribution in [0.4, 0.5) is 16.4 Å². The van der Waals surface area contributed by atoms with Crippen molar-refractivity contribution >= 4 is 41.1 Å². The summed E-state index contributed by atoms with van der Waals surface area (Å²) in [7, 11) is 0. The zero-order chi connectivity index (χ0) is 25.8. The minimum absolute atomic E-state index is 0.0246. The van der Waals surface area contributed by atoms with Crippen molar-refractivity contribution in [2.24, 2.45) is 5.41 Å². The number of halogens is 1. The Morgan fingerprint density at radius 3 is 2.50 bits per heavy atom. The zero-order valence-corrected chi connectivity index (χ0v) is 23.1.